The molecular weight excluding hydrogens is 504 g/mol. The molecule has 5 rings (SSSR count). The van der Waals surface area contributed by atoms with Gasteiger partial charge in [0.05, 0.1) is 0 Å². The van der Waals surface area contributed by atoms with Crippen LogP contribution in [0.1, 0.15) is 21.2 Å². The minimum atomic E-state index is -3.78. The van der Waals surface area contributed by atoms with E-state index in [2.05, 4.69) is 97.1 Å². The predicted molar refractivity (Wildman–Crippen MR) is 135 cm³/mol. The average molecular weight is 533 g/mol. The van der Waals surface area contributed by atoms with Crippen LogP contribution in [0.15, 0.2) is 100 Å². The number of rotatable bonds is 4. The fraction of sp³-hybridized carbons (Fsp3) is 0.120. The number of benzene rings is 3. The molecule has 2 aliphatic rings. The zero-order valence-corrected chi connectivity index (χ0v) is 23.2. The van der Waals surface area contributed by atoms with Crippen LogP contribution in [-0.4, -0.2) is 11.6 Å². The molecule has 0 saturated carbocycles. The number of hydrogen-bond acceptors (Lipinski definition) is 1. The Morgan fingerprint density at radius 3 is 1.83 bits per heavy atom. The van der Waals surface area contributed by atoms with Gasteiger partial charge in [-0.05, 0) is 0 Å². The van der Waals surface area contributed by atoms with Crippen molar-refractivity contribution in [1.29, 1.82) is 0 Å². The fourth-order valence-corrected chi connectivity index (χ4v) is 29.3. The summed E-state index contributed by atoms with van der Waals surface area (Å²) in [6, 6.07) is 29.5. The molecule has 0 radical (unpaired) electrons. The molecule has 0 aromatic heterocycles. The standard InChI is InChI=1S/C13H9.C6H5.C5H5.CH4N.2ClH.H3Si.Zr/c1-3-7-12-10(5-1)9-11-6-2-4-8-13(11)12;1-2-4-6-5-3-1;1-2-4-5-3-1;1-2;;;;/h1-9H;1-5H;1-3H,4H2;1-2H2;2*1H;1H3;. The van der Waals surface area contributed by atoms with Crippen LogP contribution in [0.5, 0.6) is 0 Å². The third-order valence-electron chi connectivity index (χ3n) is 7.38. The van der Waals surface area contributed by atoms with Crippen molar-refractivity contribution in [3.05, 3.63) is 111 Å². The Balaban J connectivity index is 0.00000128. The first-order chi connectivity index (χ1) is 13.7. The van der Waals surface area contributed by atoms with Crippen molar-refractivity contribution in [2.45, 2.75) is 10.0 Å². The summed E-state index contributed by atoms with van der Waals surface area (Å²) in [6.45, 7) is 0. The van der Waals surface area contributed by atoms with E-state index < -0.39 is 17.9 Å². The Morgan fingerprint density at radius 2 is 1.33 bits per heavy atom. The van der Waals surface area contributed by atoms with Crippen LogP contribution in [0, 0.1) is 0 Å². The van der Waals surface area contributed by atoms with Crippen molar-refractivity contribution < 1.29 is 17.9 Å². The van der Waals surface area contributed by atoms with E-state index >= 15 is 0 Å². The molecule has 30 heavy (non-hydrogen) atoms. The Hall–Kier alpha value is -1.22. The maximum absolute atomic E-state index is 6.91. The van der Waals surface area contributed by atoms with Crippen LogP contribution >= 0.6 is 24.8 Å². The average Bonchev–Trinajstić information content (AvgIpc) is 3.42. The molecule has 2 aliphatic carbocycles. The third-order valence-corrected chi connectivity index (χ3v) is 38.5. The summed E-state index contributed by atoms with van der Waals surface area (Å²) in [5.41, 5.74) is 12.7. The van der Waals surface area contributed by atoms with E-state index in [1.165, 1.54) is 22.3 Å². The maximum atomic E-state index is 6.91. The van der Waals surface area contributed by atoms with Crippen LogP contribution in [-0.2, 0) is 17.9 Å². The zero-order chi connectivity index (χ0) is 19.2. The van der Waals surface area contributed by atoms with Crippen molar-refractivity contribution in [2.24, 2.45) is 5.73 Å². The molecule has 0 atom stereocenters. The van der Waals surface area contributed by atoms with E-state index in [-0.39, 0.29) is 24.8 Å². The van der Waals surface area contributed by atoms with Crippen LogP contribution in [0.25, 0.3) is 11.1 Å². The summed E-state index contributed by atoms with van der Waals surface area (Å²) in [7, 11) is 1.13. The fourth-order valence-electron chi connectivity index (χ4n) is 5.77. The summed E-state index contributed by atoms with van der Waals surface area (Å²) in [5.74, 6) is 0. The Bertz CT molecular complexity index is 1090. The number of halogens is 2. The molecule has 0 bridgehead atoms. The topological polar surface area (TPSA) is 26.0 Å². The first-order valence-corrected chi connectivity index (χ1v) is 24.1. The second-order valence-corrected chi connectivity index (χ2v) is 37.9. The second kappa shape index (κ2) is 8.73. The molecule has 0 unspecified atom stereocenters. The van der Waals surface area contributed by atoms with Crippen molar-refractivity contribution in [2.75, 3.05) is 4.25 Å². The molecular formula is C25H28Cl2NSiZr. The van der Waals surface area contributed by atoms with Crippen molar-refractivity contribution >= 4 is 35.5 Å². The van der Waals surface area contributed by atoms with Gasteiger partial charge in [-0.1, -0.05) is 0 Å². The number of nitrogens with two attached hydrogens (primary N) is 1. The van der Waals surface area contributed by atoms with Crippen molar-refractivity contribution in [3.8, 4) is 11.1 Å². The minimum absolute atomic E-state index is 0. The summed E-state index contributed by atoms with van der Waals surface area (Å²) in [6.07, 6.45) is 8.07. The number of allylic oxidation sites excluding steroid dienone is 4. The van der Waals surface area contributed by atoms with E-state index in [9.17, 15) is 0 Å². The summed E-state index contributed by atoms with van der Waals surface area (Å²) in [4.78, 5) is 0. The molecule has 0 spiro atoms. The van der Waals surface area contributed by atoms with E-state index in [1.807, 2.05) is 0 Å². The summed E-state index contributed by atoms with van der Waals surface area (Å²) in [5, 5.41) is 0. The molecule has 0 aliphatic heterocycles. The Labute approximate surface area is 194 Å². The third kappa shape index (κ3) is 3.10. The Kier molecular flexibility index (Phi) is 6.82. The van der Waals surface area contributed by atoms with Gasteiger partial charge in [-0.2, -0.15) is 0 Å². The van der Waals surface area contributed by atoms with Gasteiger partial charge >= 0.3 is 171 Å². The van der Waals surface area contributed by atoms with Crippen molar-refractivity contribution in [3.63, 3.8) is 0 Å². The number of fused-ring (bicyclic) bond motifs is 3. The van der Waals surface area contributed by atoms with Crippen molar-refractivity contribution in [1.82, 2.24) is 0 Å². The van der Waals surface area contributed by atoms with Gasteiger partial charge in [0.15, 0.2) is 0 Å². The van der Waals surface area contributed by atoms with E-state index in [1.54, 1.807) is 6.55 Å². The molecule has 2 N–H and O–H groups in total. The van der Waals surface area contributed by atoms with Gasteiger partial charge in [0.2, 0.25) is 0 Å². The van der Waals surface area contributed by atoms with Gasteiger partial charge in [-0.25, -0.2) is 0 Å². The summed E-state index contributed by atoms with van der Waals surface area (Å²) >= 11 is -3.78. The van der Waals surface area contributed by atoms with E-state index in [4.69, 9.17) is 5.73 Å². The van der Waals surface area contributed by atoms with Crippen LogP contribution in [0.3, 0.4) is 0 Å². The SMILES string of the molecule is Cl.Cl.N[CH2][Zr]([SiH3])([C]1=CC=CC1)([c]1ccccc1)[CH]1c2ccccc2-c2ccccc21. The summed E-state index contributed by atoms with van der Waals surface area (Å²) < 4.78 is 4.49. The van der Waals surface area contributed by atoms with Crippen LogP contribution in [0.4, 0.5) is 0 Å². The molecule has 5 heteroatoms. The van der Waals surface area contributed by atoms with E-state index in [0.717, 1.165) is 18.0 Å². The molecule has 1 nitrogen and oxygen atoms in total. The molecule has 0 saturated heterocycles. The Morgan fingerprint density at radius 1 is 0.800 bits per heavy atom. The molecule has 3 aromatic carbocycles. The first kappa shape index (κ1) is 23.4. The van der Waals surface area contributed by atoms with Crippen LogP contribution in [0.2, 0.25) is 0 Å². The molecule has 3 aromatic rings. The van der Waals surface area contributed by atoms with Gasteiger partial charge in [0, 0.05) is 0 Å². The first-order valence-electron chi connectivity index (χ1n) is 10.2. The zero-order valence-electron chi connectivity index (χ0n) is 17.1. The molecule has 155 valence electrons. The monoisotopic (exact) mass is 530 g/mol. The predicted octanol–water partition coefficient (Wildman–Crippen LogP) is 4.66. The molecule has 0 amide bonds. The van der Waals surface area contributed by atoms with Gasteiger partial charge < -0.3 is 0 Å². The normalized spacial score (nSPS) is 15.9. The van der Waals surface area contributed by atoms with Gasteiger partial charge in [-0.3, -0.25) is 0 Å². The molecule has 0 fully saturated rings. The quantitative estimate of drug-likeness (QED) is 0.487. The number of hydrogen-bond donors (Lipinski definition) is 1. The van der Waals surface area contributed by atoms with Gasteiger partial charge in [0.1, 0.15) is 0 Å². The van der Waals surface area contributed by atoms with Crippen LogP contribution < -0.4 is 9.01 Å². The molecule has 0 heterocycles. The van der Waals surface area contributed by atoms with Gasteiger partial charge in [-0.15, -0.1) is 24.8 Å². The second-order valence-electron chi connectivity index (χ2n) is 8.62. The van der Waals surface area contributed by atoms with Gasteiger partial charge in [0.25, 0.3) is 0 Å². The van der Waals surface area contributed by atoms with E-state index in [0.29, 0.717) is 3.63 Å².